The molecule has 2 aromatic carbocycles. The average Bonchev–Trinajstić information content (AvgIpc) is 3.13. The van der Waals surface area contributed by atoms with E-state index in [1.54, 1.807) is 9.80 Å². The molecule has 192 valence electrons. The summed E-state index contributed by atoms with van der Waals surface area (Å²) in [6, 6.07) is 15.7. The fourth-order valence-corrected chi connectivity index (χ4v) is 5.23. The molecule has 0 saturated carbocycles. The van der Waals surface area contributed by atoms with E-state index >= 15 is 0 Å². The Morgan fingerprint density at radius 2 is 1.64 bits per heavy atom. The van der Waals surface area contributed by atoms with Gasteiger partial charge in [0.15, 0.2) is 0 Å². The lowest BCUT2D eigenvalue weighted by Crippen LogP contribution is -2.58. The average molecular weight is 492 g/mol. The van der Waals surface area contributed by atoms with Gasteiger partial charge < -0.3 is 25.3 Å². The van der Waals surface area contributed by atoms with Crippen LogP contribution in [-0.4, -0.2) is 66.0 Å². The minimum absolute atomic E-state index is 0.0354. The van der Waals surface area contributed by atoms with Crippen molar-refractivity contribution in [3.05, 3.63) is 59.7 Å². The first-order valence-electron chi connectivity index (χ1n) is 12.9. The smallest absolute Gasteiger partial charge is 0.321 e. The number of carbonyl (C=O) groups is 3. The predicted octanol–water partition coefficient (Wildman–Crippen LogP) is 3.89. The molecule has 4 rings (SSSR count). The standard InChI is InChI=1S/C28H37N5O3/c1-4-5-16-29-24(34)19-32-20-33(23-12-7-6-8-13-23)28(26(32)35)14-17-31(18-15-28)27(36)30-25-21(2)10-9-11-22(25)3/h6-13H,4-5,14-20H2,1-3H3,(H,29,34)(H,30,36). The van der Waals surface area contributed by atoms with Crippen LogP contribution in [0.25, 0.3) is 0 Å². The summed E-state index contributed by atoms with van der Waals surface area (Å²) in [6.45, 7) is 7.99. The molecule has 2 saturated heterocycles. The lowest BCUT2D eigenvalue weighted by Gasteiger charge is -2.43. The first-order valence-corrected chi connectivity index (χ1v) is 12.9. The van der Waals surface area contributed by atoms with Gasteiger partial charge in [0.05, 0.1) is 6.67 Å². The van der Waals surface area contributed by atoms with Crippen LogP contribution in [0.2, 0.25) is 0 Å². The summed E-state index contributed by atoms with van der Waals surface area (Å²) >= 11 is 0. The number of urea groups is 1. The molecule has 2 aromatic rings. The largest absolute Gasteiger partial charge is 0.355 e. The van der Waals surface area contributed by atoms with Crippen LogP contribution in [0.3, 0.4) is 0 Å². The van der Waals surface area contributed by atoms with Crippen molar-refractivity contribution in [3.8, 4) is 0 Å². The summed E-state index contributed by atoms with van der Waals surface area (Å²) in [5, 5.41) is 5.98. The van der Waals surface area contributed by atoms with Crippen LogP contribution >= 0.6 is 0 Å². The monoisotopic (exact) mass is 491 g/mol. The Balaban J connectivity index is 1.48. The van der Waals surface area contributed by atoms with E-state index < -0.39 is 5.54 Å². The van der Waals surface area contributed by atoms with Crippen molar-refractivity contribution in [1.82, 2.24) is 15.1 Å². The van der Waals surface area contributed by atoms with Gasteiger partial charge in [0.25, 0.3) is 5.91 Å². The van der Waals surface area contributed by atoms with E-state index in [1.165, 1.54) is 0 Å². The number of aryl methyl sites for hydroxylation is 2. The molecular weight excluding hydrogens is 454 g/mol. The summed E-state index contributed by atoms with van der Waals surface area (Å²) in [7, 11) is 0. The molecule has 8 heteroatoms. The summed E-state index contributed by atoms with van der Waals surface area (Å²) < 4.78 is 0. The van der Waals surface area contributed by atoms with Crippen molar-refractivity contribution in [2.75, 3.05) is 43.1 Å². The Labute approximate surface area is 213 Å². The highest BCUT2D eigenvalue weighted by Crippen LogP contribution is 2.39. The highest BCUT2D eigenvalue weighted by Gasteiger charge is 2.54. The Morgan fingerprint density at radius 3 is 2.28 bits per heavy atom. The van der Waals surface area contributed by atoms with Crippen LogP contribution in [0.1, 0.15) is 43.7 Å². The van der Waals surface area contributed by atoms with E-state index in [0.29, 0.717) is 39.1 Å². The third-order valence-electron chi connectivity index (χ3n) is 7.36. The molecule has 1 spiro atoms. The summed E-state index contributed by atoms with van der Waals surface area (Å²) in [5.41, 5.74) is 3.07. The molecule has 2 fully saturated rings. The number of hydrogen-bond donors (Lipinski definition) is 2. The van der Waals surface area contributed by atoms with Crippen molar-refractivity contribution in [2.24, 2.45) is 0 Å². The van der Waals surface area contributed by atoms with Gasteiger partial charge in [-0.25, -0.2) is 4.79 Å². The number of hydrogen-bond acceptors (Lipinski definition) is 4. The van der Waals surface area contributed by atoms with Crippen molar-refractivity contribution >= 4 is 29.2 Å². The number of nitrogens with one attached hydrogen (secondary N) is 2. The normalized spacial score (nSPS) is 17.0. The summed E-state index contributed by atoms with van der Waals surface area (Å²) in [4.78, 5) is 44.9. The Bertz CT molecular complexity index is 1080. The highest BCUT2D eigenvalue weighted by atomic mass is 16.2. The van der Waals surface area contributed by atoms with Crippen LogP contribution < -0.4 is 15.5 Å². The maximum absolute atomic E-state index is 13.8. The lowest BCUT2D eigenvalue weighted by atomic mass is 9.85. The number of nitrogens with zero attached hydrogens (tertiary/aromatic N) is 3. The zero-order valence-electron chi connectivity index (χ0n) is 21.5. The first-order chi connectivity index (χ1) is 17.4. The van der Waals surface area contributed by atoms with Crippen LogP contribution in [0.4, 0.5) is 16.2 Å². The molecular formula is C28H37N5O3. The molecule has 2 N–H and O–H groups in total. The molecule has 0 radical (unpaired) electrons. The number of unbranched alkanes of at least 4 members (excludes halogenated alkanes) is 1. The van der Waals surface area contributed by atoms with Crippen molar-refractivity contribution in [2.45, 2.75) is 52.0 Å². The van der Waals surface area contributed by atoms with Crippen molar-refractivity contribution in [1.29, 1.82) is 0 Å². The molecule has 8 nitrogen and oxygen atoms in total. The van der Waals surface area contributed by atoms with Gasteiger partial charge in [0, 0.05) is 31.0 Å². The van der Waals surface area contributed by atoms with E-state index in [0.717, 1.165) is 35.3 Å². The second kappa shape index (κ2) is 11.0. The molecule has 0 unspecified atom stereocenters. The van der Waals surface area contributed by atoms with Gasteiger partial charge in [-0.15, -0.1) is 0 Å². The summed E-state index contributed by atoms with van der Waals surface area (Å²) in [6.07, 6.45) is 2.94. The fourth-order valence-electron chi connectivity index (χ4n) is 5.23. The maximum Gasteiger partial charge on any atom is 0.321 e. The Morgan fingerprint density at radius 1 is 0.972 bits per heavy atom. The van der Waals surface area contributed by atoms with E-state index in [-0.39, 0.29) is 24.4 Å². The number of likely N-dealkylation sites (tertiary alicyclic amines) is 1. The first kappa shape index (κ1) is 25.5. The van der Waals surface area contributed by atoms with Gasteiger partial charge in [0.2, 0.25) is 5.91 Å². The molecule has 0 atom stereocenters. The van der Waals surface area contributed by atoms with Gasteiger partial charge >= 0.3 is 6.03 Å². The Hall–Kier alpha value is -3.55. The molecule has 2 heterocycles. The highest BCUT2D eigenvalue weighted by molar-refractivity contribution is 5.97. The van der Waals surface area contributed by atoms with Crippen LogP contribution in [0.5, 0.6) is 0 Å². The SMILES string of the molecule is CCCCNC(=O)CN1CN(c2ccccc2)C2(CCN(C(=O)Nc3c(C)cccc3C)CC2)C1=O. The zero-order chi connectivity index (χ0) is 25.7. The molecule has 4 amide bonds. The number of benzene rings is 2. The molecule has 2 aliphatic rings. The van der Waals surface area contributed by atoms with Gasteiger partial charge in [-0.2, -0.15) is 0 Å². The molecule has 36 heavy (non-hydrogen) atoms. The Kier molecular flexibility index (Phi) is 7.82. The lowest BCUT2D eigenvalue weighted by molar-refractivity contribution is -0.137. The number of piperidine rings is 1. The second-order valence-corrected chi connectivity index (χ2v) is 9.83. The quantitative estimate of drug-likeness (QED) is 0.576. The second-order valence-electron chi connectivity index (χ2n) is 9.83. The van der Waals surface area contributed by atoms with Crippen LogP contribution in [0.15, 0.2) is 48.5 Å². The number of carbonyl (C=O) groups excluding carboxylic acids is 3. The van der Waals surface area contributed by atoms with Crippen molar-refractivity contribution < 1.29 is 14.4 Å². The maximum atomic E-state index is 13.8. The number of anilines is 2. The third-order valence-corrected chi connectivity index (χ3v) is 7.36. The zero-order valence-corrected chi connectivity index (χ0v) is 21.5. The minimum atomic E-state index is -0.763. The van der Waals surface area contributed by atoms with E-state index in [4.69, 9.17) is 0 Å². The molecule has 0 bridgehead atoms. The topological polar surface area (TPSA) is 85.0 Å². The minimum Gasteiger partial charge on any atom is -0.355 e. The predicted molar refractivity (Wildman–Crippen MR) is 142 cm³/mol. The third kappa shape index (κ3) is 5.17. The molecule has 2 aliphatic heterocycles. The van der Waals surface area contributed by atoms with Gasteiger partial charge in [-0.05, 0) is 56.4 Å². The van der Waals surface area contributed by atoms with E-state index in [1.807, 2.05) is 62.4 Å². The number of amides is 4. The van der Waals surface area contributed by atoms with Gasteiger partial charge in [0.1, 0.15) is 12.1 Å². The van der Waals surface area contributed by atoms with E-state index in [2.05, 4.69) is 22.5 Å². The number of para-hydroxylation sites is 2. The molecule has 0 aliphatic carbocycles. The van der Waals surface area contributed by atoms with Crippen LogP contribution in [0, 0.1) is 13.8 Å². The van der Waals surface area contributed by atoms with Crippen LogP contribution in [-0.2, 0) is 9.59 Å². The van der Waals surface area contributed by atoms with Gasteiger partial charge in [-0.3, -0.25) is 9.59 Å². The molecule has 0 aromatic heterocycles. The summed E-state index contributed by atoms with van der Waals surface area (Å²) in [5.74, 6) is -0.168. The number of rotatable bonds is 7. The fraction of sp³-hybridized carbons (Fsp3) is 0.464. The van der Waals surface area contributed by atoms with Gasteiger partial charge in [-0.1, -0.05) is 49.7 Å². The van der Waals surface area contributed by atoms with Crippen molar-refractivity contribution in [3.63, 3.8) is 0 Å². The van der Waals surface area contributed by atoms with E-state index in [9.17, 15) is 14.4 Å².